The van der Waals surface area contributed by atoms with Crippen LogP contribution < -0.4 is 10.6 Å². The molecule has 0 spiro atoms. The van der Waals surface area contributed by atoms with E-state index in [4.69, 9.17) is 0 Å². The van der Waals surface area contributed by atoms with Crippen molar-refractivity contribution in [1.82, 2.24) is 9.97 Å². The maximum Gasteiger partial charge on any atom is 0.229 e. The number of hydrogen-bond acceptors (Lipinski definition) is 4. The first kappa shape index (κ1) is 14.3. The quantitative estimate of drug-likeness (QED) is 0.860. The van der Waals surface area contributed by atoms with E-state index in [1.807, 2.05) is 12.1 Å². The second-order valence-corrected chi connectivity index (χ2v) is 5.14. The van der Waals surface area contributed by atoms with E-state index < -0.39 is 0 Å². The Bertz CT molecular complexity index is 580. The Morgan fingerprint density at radius 1 is 1.15 bits per heavy atom. The number of nitrogens with one attached hydrogen (secondary N) is 2. The van der Waals surface area contributed by atoms with Crippen LogP contribution in [0.5, 0.6) is 0 Å². The summed E-state index contributed by atoms with van der Waals surface area (Å²) >= 11 is 0. The zero-order chi connectivity index (χ0) is 14.5. The van der Waals surface area contributed by atoms with Crippen LogP contribution in [0.1, 0.15) is 31.4 Å². The molecule has 20 heavy (non-hydrogen) atoms. The molecule has 4 heteroatoms. The van der Waals surface area contributed by atoms with Gasteiger partial charge < -0.3 is 10.6 Å². The summed E-state index contributed by atoms with van der Waals surface area (Å²) in [7, 11) is 0. The fourth-order valence-corrected chi connectivity index (χ4v) is 1.80. The van der Waals surface area contributed by atoms with Gasteiger partial charge >= 0.3 is 0 Å². The molecule has 0 amide bonds. The maximum atomic E-state index is 4.47. The van der Waals surface area contributed by atoms with Crippen molar-refractivity contribution in [1.29, 1.82) is 0 Å². The second kappa shape index (κ2) is 6.37. The van der Waals surface area contributed by atoms with E-state index in [1.54, 1.807) is 6.20 Å². The summed E-state index contributed by atoms with van der Waals surface area (Å²) in [5.74, 6) is 1.46. The third-order valence-electron chi connectivity index (χ3n) is 3.43. The van der Waals surface area contributed by atoms with Gasteiger partial charge in [-0.25, -0.2) is 4.98 Å². The molecule has 0 saturated carbocycles. The standard InChI is InChI=1S/C16H22N4/c1-5-13(4)18-15-8-9-17-16(20-15)19-14-7-6-11(2)12(3)10-14/h6-10,13H,5H2,1-4H3,(H2,17,18,19,20). The van der Waals surface area contributed by atoms with E-state index in [0.717, 1.165) is 17.9 Å². The fraction of sp³-hybridized carbons (Fsp3) is 0.375. The van der Waals surface area contributed by atoms with Crippen LogP contribution in [0, 0.1) is 13.8 Å². The highest BCUT2D eigenvalue weighted by Gasteiger charge is 2.03. The highest BCUT2D eigenvalue weighted by Crippen LogP contribution is 2.18. The summed E-state index contributed by atoms with van der Waals surface area (Å²) in [6.07, 6.45) is 2.82. The molecule has 0 radical (unpaired) electrons. The summed E-state index contributed by atoms with van der Waals surface area (Å²) in [6.45, 7) is 8.49. The molecule has 0 bridgehead atoms. The van der Waals surface area contributed by atoms with Crippen molar-refractivity contribution in [2.45, 2.75) is 40.2 Å². The molecule has 0 fully saturated rings. The van der Waals surface area contributed by atoms with Gasteiger partial charge in [-0.15, -0.1) is 0 Å². The van der Waals surface area contributed by atoms with E-state index in [9.17, 15) is 0 Å². The van der Waals surface area contributed by atoms with Gasteiger partial charge in [-0.05, 0) is 56.5 Å². The summed E-state index contributed by atoms with van der Waals surface area (Å²) in [5, 5.41) is 6.59. The molecule has 1 heterocycles. The van der Waals surface area contributed by atoms with Crippen LogP contribution >= 0.6 is 0 Å². The van der Waals surface area contributed by atoms with Crippen LogP contribution in [0.3, 0.4) is 0 Å². The summed E-state index contributed by atoms with van der Waals surface area (Å²) in [6, 6.07) is 8.53. The summed E-state index contributed by atoms with van der Waals surface area (Å²) in [5.41, 5.74) is 3.54. The van der Waals surface area contributed by atoms with Crippen LogP contribution in [-0.2, 0) is 0 Å². The van der Waals surface area contributed by atoms with E-state index in [1.165, 1.54) is 11.1 Å². The fourth-order valence-electron chi connectivity index (χ4n) is 1.80. The van der Waals surface area contributed by atoms with Crippen LogP contribution in [0.4, 0.5) is 17.5 Å². The Balaban J connectivity index is 2.12. The Morgan fingerprint density at radius 2 is 1.95 bits per heavy atom. The van der Waals surface area contributed by atoms with Crippen molar-refractivity contribution in [2.75, 3.05) is 10.6 Å². The molecule has 2 aromatic rings. The maximum absolute atomic E-state index is 4.47. The minimum Gasteiger partial charge on any atom is -0.367 e. The molecule has 1 unspecified atom stereocenters. The highest BCUT2D eigenvalue weighted by molar-refractivity contribution is 5.56. The Labute approximate surface area is 120 Å². The lowest BCUT2D eigenvalue weighted by Gasteiger charge is -2.13. The molecule has 1 atom stereocenters. The number of benzene rings is 1. The van der Waals surface area contributed by atoms with E-state index >= 15 is 0 Å². The van der Waals surface area contributed by atoms with Gasteiger partial charge in [0.1, 0.15) is 5.82 Å². The molecule has 2 N–H and O–H groups in total. The smallest absolute Gasteiger partial charge is 0.229 e. The number of aromatic nitrogens is 2. The second-order valence-electron chi connectivity index (χ2n) is 5.14. The highest BCUT2D eigenvalue weighted by atomic mass is 15.1. The molecule has 0 aliphatic carbocycles. The van der Waals surface area contributed by atoms with Crippen molar-refractivity contribution < 1.29 is 0 Å². The SMILES string of the molecule is CCC(C)Nc1ccnc(Nc2ccc(C)c(C)c2)n1. The van der Waals surface area contributed by atoms with Gasteiger partial charge in [-0.3, -0.25) is 0 Å². The van der Waals surface area contributed by atoms with Crippen molar-refractivity contribution in [3.8, 4) is 0 Å². The van der Waals surface area contributed by atoms with Crippen molar-refractivity contribution >= 4 is 17.5 Å². The zero-order valence-electron chi connectivity index (χ0n) is 12.6. The minimum absolute atomic E-state index is 0.402. The number of nitrogens with zero attached hydrogens (tertiary/aromatic N) is 2. The average molecular weight is 270 g/mol. The van der Waals surface area contributed by atoms with Gasteiger partial charge in [-0.2, -0.15) is 4.98 Å². The number of anilines is 3. The van der Waals surface area contributed by atoms with Gasteiger partial charge in [0.2, 0.25) is 5.95 Å². The van der Waals surface area contributed by atoms with E-state index in [-0.39, 0.29) is 0 Å². The predicted molar refractivity (Wildman–Crippen MR) is 84.6 cm³/mol. The number of rotatable bonds is 5. The number of hydrogen-bond donors (Lipinski definition) is 2. The Kier molecular flexibility index (Phi) is 4.56. The predicted octanol–water partition coefficient (Wildman–Crippen LogP) is 4.05. The van der Waals surface area contributed by atoms with Crippen LogP contribution in [-0.4, -0.2) is 16.0 Å². The average Bonchev–Trinajstić information content (AvgIpc) is 2.43. The summed E-state index contributed by atoms with van der Waals surface area (Å²) < 4.78 is 0. The van der Waals surface area contributed by atoms with Gasteiger partial charge in [0.05, 0.1) is 0 Å². The monoisotopic (exact) mass is 270 g/mol. The first-order valence-electron chi connectivity index (χ1n) is 7.02. The van der Waals surface area contributed by atoms with Gasteiger partial charge in [0.25, 0.3) is 0 Å². The van der Waals surface area contributed by atoms with Crippen LogP contribution in [0.2, 0.25) is 0 Å². The lowest BCUT2D eigenvalue weighted by Crippen LogP contribution is -2.14. The Hall–Kier alpha value is -2.10. The van der Waals surface area contributed by atoms with Crippen molar-refractivity contribution in [3.05, 3.63) is 41.6 Å². The first-order valence-corrected chi connectivity index (χ1v) is 7.02. The molecular weight excluding hydrogens is 248 g/mol. The van der Waals surface area contributed by atoms with Gasteiger partial charge in [0, 0.05) is 17.9 Å². The third-order valence-corrected chi connectivity index (χ3v) is 3.43. The first-order chi connectivity index (χ1) is 9.58. The van der Waals surface area contributed by atoms with E-state index in [2.05, 4.69) is 60.4 Å². The van der Waals surface area contributed by atoms with Crippen molar-refractivity contribution in [3.63, 3.8) is 0 Å². The molecule has 1 aromatic carbocycles. The lowest BCUT2D eigenvalue weighted by atomic mass is 10.1. The number of aryl methyl sites for hydroxylation is 2. The molecule has 2 rings (SSSR count). The molecule has 106 valence electrons. The van der Waals surface area contributed by atoms with Crippen LogP contribution in [0.25, 0.3) is 0 Å². The largest absolute Gasteiger partial charge is 0.367 e. The van der Waals surface area contributed by atoms with Gasteiger partial charge in [-0.1, -0.05) is 13.0 Å². The molecular formula is C16H22N4. The molecule has 4 nitrogen and oxygen atoms in total. The minimum atomic E-state index is 0.402. The van der Waals surface area contributed by atoms with Crippen molar-refractivity contribution in [2.24, 2.45) is 0 Å². The lowest BCUT2D eigenvalue weighted by molar-refractivity contribution is 0.758. The van der Waals surface area contributed by atoms with Gasteiger partial charge in [0.15, 0.2) is 0 Å². The third kappa shape index (κ3) is 3.70. The molecule has 0 saturated heterocycles. The summed E-state index contributed by atoms with van der Waals surface area (Å²) in [4.78, 5) is 8.73. The zero-order valence-corrected chi connectivity index (χ0v) is 12.6. The van der Waals surface area contributed by atoms with E-state index in [0.29, 0.717) is 12.0 Å². The molecule has 0 aliphatic rings. The molecule has 0 aliphatic heterocycles. The normalized spacial score (nSPS) is 12.0. The van der Waals surface area contributed by atoms with Crippen LogP contribution in [0.15, 0.2) is 30.5 Å². The molecule has 1 aromatic heterocycles. The topological polar surface area (TPSA) is 49.8 Å². The Morgan fingerprint density at radius 3 is 2.65 bits per heavy atom.